The molecule has 0 radical (unpaired) electrons. The molecule has 30 heavy (non-hydrogen) atoms. The van der Waals surface area contributed by atoms with Crippen molar-refractivity contribution in [2.45, 2.75) is 40.2 Å². The van der Waals surface area contributed by atoms with Crippen LogP contribution in [0.2, 0.25) is 0 Å². The van der Waals surface area contributed by atoms with Crippen molar-refractivity contribution >= 4 is 16.7 Å². The molecule has 9 heteroatoms. The van der Waals surface area contributed by atoms with Crippen molar-refractivity contribution in [3.05, 3.63) is 41.8 Å². The number of aryl methyl sites for hydroxylation is 2. The van der Waals surface area contributed by atoms with E-state index in [9.17, 15) is 0 Å². The molecule has 0 aliphatic carbocycles. The van der Waals surface area contributed by atoms with Gasteiger partial charge in [-0.05, 0) is 31.0 Å². The van der Waals surface area contributed by atoms with Crippen LogP contribution in [0.4, 0.5) is 5.69 Å². The van der Waals surface area contributed by atoms with Gasteiger partial charge in [0.2, 0.25) is 11.8 Å². The summed E-state index contributed by atoms with van der Waals surface area (Å²) in [5.41, 5.74) is 4.25. The number of nitrogens with zero attached hydrogens (tertiary/aromatic N) is 6. The van der Waals surface area contributed by atoms with E-state index in [0.29, 0.717) is 30.7 Å². The van der Waals surface area contributed by atoms with Crippen LogP contribution < -0.4 is 10.1 Å². The maximum absolute atomic E-state index is 5.72. The van der Waals surface area contributed by atoms with Crippen LogP contribution in [-0.4, -0.2) is 36.5 Å². The SMILES string of the molecule is CCOc1ncccc1-c1cc(NCc2noc(C)n2)c2c(C(C)C)nn(C)c2n1. The van der Waals surface area contributed by atoms with E-state index >= 15 is 0 Å². The molecule has 0 bridgehead atoms. The molecule has 0 aliphatic rings. The number of pyridine rings is 2. The maximum Gasteiger partial charge on any atom is 0.223 e. The summed E-state index contributed by atoms with van der Waals surface area (Å²) >= 11 is 0. The van der Waals surface area contributed by atoms with Gasteiger partial charge in [0.15, 0.2) is 11.5 Å². The first-order valence-electron chi connectivity index (χ1n) is 9.96. The lowest BCUT2D eigenvalue weighted by Gasteiger charge is -2.13. The number of ether oxygens (including phenoxy) is 1. The molecular formula is C21H25N7O2. The van der Waals surface area contributed by atoms with E-state index in [-0.39, 0.29) is 5.92 Å². The van der Waals surface area contributed by atoms with Crippen molar-refractivity contribution in [1.82, 2.24) is 29.9 Å². The Balaban J connectivity index is 1.86. The number of hydrogen-bond donors (Lipinski definition) is 1. The number of fused-ring (bicyclic) bond motifs is 1. The van der Waals surface area contributed by atoms with Gasteiger partial charge in [-0.3, -0.25) is 4.68 Å². The quantitative estimate of drug-likeness (QED) is 0.493. The second-order valence-electron chi connectivity index (χ2n) is 7.29. The maximum atomic E-state index is 5.72. The molecular weight excluding hydrogens is 382 g/mol. The van der Waals surface area contributed by atoms with E-state index in [1.807, 2.05) is 36.9 Å². The molecule has 4 heterocycles. The highest BCUT2D eigenvalue weighted by Gasteiger charge is 2.20. The summed E-state index contributed by atoms with van der Waals surface area (Å²) in [7, 11) is 1.91. The molecule has 4 aromatic rings. The van der Waals surface area contributed by atoms with Gasteiger partial charge in [-0.2, -0.15) is 10.1 Å². The second-order valence-corrected chi connectivity index (χ2v) is 7.29. The minimum atomic E-state index is 0.242. The van der Waals surface area contributed by atoms with Crippen molar-refractivity contribution in [3.63, 3.8) is 0 Å². The van der Waals surface area contributed by atoms with E-state index < -0.39 is 0 Å². The summed E-state index contributed by atoms with van der Waals surface area (Å²) in [6.07, 6.45) is 1.71. The Morgan fingerprint density at radius 1 is 1.27 bits per heavy atom. The van der Waals surface area contributed by atoms with Gasteiger partial charge in [-0.1, -0.05) is 19.0 Å². The molecule has 0 aliphatic heterocycles. The molecule has 0 aromatic carbocycles. The highest BCUT2D eigenvalue weighted by Crippen LogP contribution is 2.35. The largest absolute Gasteiger partial charge is 0.477 e. The van der Waals surface area contributed by atoms with E-state index in [0.717, 1.165) is 33.7 Å². The third-order valence-electron chi connectivity index (χ3n) is 4.70. The molecule has 0 saturated carbocycles. The fourth-order valence-electron chi connectivity index (χ4n) is 3.38. The van der Waals surface area contributed by atoms with Crippen LogP contribution in [-0.2, 0) is 13.6 Å². The van der Waals surface area contributed by atoms with Crippen LogP contribution in [0.5, 0.6) is 5.88 Å². The average molecular weight is 407 g/mol. The van der Waals surface area contributed by atoms with Crippen LogP contribution in [0.25, 0.3) is 22.3 Å². The van der Waals surface area contributed by atoms with Crippen LogP contribution >= 0.6 is 0 Å². The Labute approximate surface area is 174 Å². The first-order valence-corrected chi connectivity index (χ1v) is 9.96. The molecule has 1 N–H and O–H groups in total. The summed E-state index contributed by atoms with van der Waals surface area (Å²) in [6.45, 7) is 8.90. The third-order valence-corrected chi connectivity index (χ3v) is 4.70. The summed E-state index contributed by atoms with van der Waals surface area (Å²) in [5, 5.41) is 13.1. The molecule has 9 nitrogen and oxygen atoms in total. The highest BCUT2D eigenvalue weighted by molar-refractivity contribution is 5.94. The van der Waals surface area contributed by atoms with Crippen molar-refractivity contribution in [2.75, 3.05) is 11.9 Å². The number of anilines is 1. The highest BCUT2D eigenvalue weighted by atomic mass is 16.5. The normalized spacial score (nSPS) is 11.4. The molecule has 0 amide bonds. The average Bonchev–Trinajstić information content (AvgIpc) is 3.30. The number of hydrogen-bond acceptors (Lipinski definition) is 8. The molecule has 0 spiro atoms. The lowest BCUT2D eigenvalue weighted by atomic mass is 10.0. The smallest absolute Gasteiger partial charge is 0.223 e. The summed E-state index contributed by atoms with van der Waals surface area (Å²) < 4.78 is 12.6. The molecule has 4 aromatic heterocycles. The monoisotopic (exact) mass is 407 g/mol. The zero-order valence-corrected chi connectivity index (χ0v) is 17.8. The van der Waals surface area contributed by atoms with Gasteiger partial charge < -0.3 is 14.6 Å². The Morgan fingerprint density at radius 3 is 2.80 bits per heavy atom. The van der Waals surface area contributed by atoms with E-state index in [1.54, 1.807) is 13.1 Å². The minimum absolute atomic E-state index is 0.242. The molecule has 0 saturated heterocycles. The number of nitrogens with one attached hydrogen (secondary N) is 1. The van der Waals surface area contributed by atoms with Crippen molar-refractivity contribution in [2.24, 2.45) is 7.05 Å². The van der Waals surface area contributed by atoms with Crippen molar-refractivity contribution in [1.29, 1.82) is 0 Å². The molecule has 0 atom stereocenters. The third kappa shape index (κ3) is 3.70. The van der Waals surface area contributed by atoms with Crippen molar-refractivity contribution < 1.29 is 9.26 Å². The predicted octanol–water partition coefficient (Wildman–Crippen LogP) is 3.86. The zero-order chi connectivity index (χ0) is 21.3. The summed E-state index contributed by atoms with van der Waals surface area (Å²) in [6, 6.07) is 5.84. The Bertz CT molecular complexity index is 1180. The van der Waals surface area contributed by atoms with E-state index in [1.165, 1.54) is 0 Å². The van der Waals surface area contributed by atoms with E-state index in [2.05, 4.69) is 34.3 Å². The standard InChI is InChI=1S/C21H25N7O2/c1-6-29-21-14(8-7-9-22-21)15-10-16(23-11-17-24-13(4)30-27-17)18-19(12(2)3)26-28(5)20(18)25-15/h7-10,12H,6,11H2,1-5H3,(H,23,25). The Morgan fingerprint density at radius 2 is 2.10 bits per heavy atom. The van der Waals surface area contributed by atoms with Crippen LogP contribution in [0.15, 0.2) is 28.9 Å². The Hall–Kier alpha value is -3.49. The van der Waals surface area contributed by atoms with Gasteiger partial charge in [0.05, 0.1) is 35.5 Å². The van der Waals surface area contributed by atoms with Gasteiger partial charge >= 0.3 is 0 Å². The molecule has 4 rings (SSSR count). The van der Waals surface area contributed by atoms with Gasteiger partial charge in [0.1, 0.15) is 0 Å². The van der Waals surface area contributed by atoms with Gasteiger partial charge in [-0.15, -0.1) is 0 Å². The van der Waals surface area contributed by atoms with E-state index in [4.69, 9.17) is 19.3 Å². The van der Waals surface area contributed by atoms with Crippen LogP contribution in [0.3, 0.4) is 0 Å². The zero-order valence-electron chi connectivity index (χ0n) is 17.8. The van der Waals surface area contributed by atoms with Gasteiger partial charge in [-0.25, -0.2) is 9.97 Å². The lowest BCUT2D eigenvalue weighted by Crippen LogP contribution is -2.04. The Kier molecular flexibility index (Phi) is 5.35. The fourth-order valence-corrected chi connectivity index (χ4v) is 3.38. The topological polar surface area (TPSA) is 104 Å². The summed E-state index contributed by atoms with van der Waals surface area (Å²) in [5.74, 6) is 1.92. The predicted molar refractivity (Wildman–Crippen MR) is 113 cm³/mol. The molecule has 0 fully saturated rings. The van der Waals surface area contributed by atoms with Gasteiger partial charge in [0.25, 0.3) is 0 Å². The number of aromatic nitrogens is 6. The molecule has 0 unspecified atom stereocenters. The van der Waals surface area contributed by atoms with Gasteiger partial charge in [0, 0.05) is 25.9 Å². The second kappa shape index (κ2) is 8.10. The molecule has 156 valence electrons. The van der Waals surface area contributed by atoms with Crippen molar-refractivity contribution in [3.8, 4) is 17.1 Å². The van der Waals surface area contributed by atoms with Crippen LogP contribution in [0, 0.1) is 6.92 Å². The number of rotatable bonds is 7. The first-order chi connectivity index (χ1) is 14.5. The fraction of sp³-hybridized carbons (Fsp3) is 0.381. The summed E-state index contributed by atoms with van der Waals surface area (Å²) in [4.78, 5) is 13.6. The minimum Gasteiger partial charge on any atom is -0.477 e. The lowest BCUT2D eigenvalue weighted by molar-refractivity contribution is 0.328. The van der Waals surface area contributed by atoms with Crippen LogP contribution in [0.1, 0.15) is 44.1 Å². The first kappa shape index (κ1) is 19.8.